The molecule has 34 heavy (non-hydrogen) atoms. The summed E-state index contributed by atoms with van der Waals surface area (Å²) in [5.41, 5.74) is 1.96. The van der Waals surface area contributed by atoms with Crippen molar-refractivity contribution in [2.24, 2.45) is 0 Å². The zero-order valence-corrected chi connectivity index (χ0v) is 21.1. The molecule has 2 saturated heterocycles. The summed E-state index contributed by atoms with van der Waals surface area (Å²) in [6, 6.07) is 6.93. The van der Waals surface area contributed by atoms with E-state index in [9.17, 15) is 13.2 Å². The number of hydrogen-bond donors (Lipinski definition) is 0. The Morgan fingerprint density at radius 2 is 1.65 bits per heavy atom. The molecule has 2 fully saturated rings. The van der Waals surface area contributed by atoms with Crippen LogP contribution in [-0.4, -0.2) is 86.0 Å². The minimum atomic E-state index is -3.68. The lowest BCUT2D eigenvalue weighted by Gasteiger charge is -2.35. The zero-order chi connectivity index (χ0) is 24.5. The van der Waals surface area contributed by atoms with Gasteiger partial charge in [0.2, 0.25) is 10.0 Å². The highest BCUT2D eigenvalue weighted by molar-refractivity contribution is 7.89. The van der Waals surface area contributed by atoms with Gasteiger partial charge in [0.1, 0.15) is 11.6 Å². The Kier molecular flexibility index (Phi) is 7.20. The summed E-state index contributed by atoms with van der Waals surface area (Å²) in [6.07, 6.45) is 0. The number of piperazine rings is 1. The molecule has 0 spiro atoms. The molecule has 1 aromatic carbocycles. The molecule has 0 unspecified atom stereocenters. The number of amides is 1. The number of morpholine rings is 1. The van der Waals surface area contributed by atoms with Crippen LogP contribution >= 0.6 is 0 Å². The van der Waals surface area contributed by atoms with E-state index in [-0.39, 0.29) is 16.7 Å². The van der Waals surface area contributed by atoms with Gasteiger partial charge in [-0.3, -0.25) is 4.79 Å². The van der Waals surface area contributed by atoms with Crippen LogP contribution in [0.2, 0.25) is 0 Å². The molecule has 3 heterocycles. The minimum Gasteiger partial charge on any atom is -0.379 e. The van der Waals surface area contributed by atoms with Gasteiger partial charge in [0.05, 0.1) is 18.1 Å². The van der Waals surface area contributed by atoms with Gasteiger partial charge < -0.3 is 14.5 Å². The van der Waals surface area contributed by atoms with Gasteiger partial charge in [-0.05, 0) is 31.5 Å². The quantitative estimate of drug-likeness (QED) is 0.638. The van der Waals surface area contributed by atoms with Crippen molar-refractivity contribution in [2.75, 3.05) is 57.4 Å². The highest BCUT2D eigenvalue weighted by Crippen LogP contribution is 2.24. The van der Waals surface area contributed by atoms with Crippen molar-refractivity contribution in [1.82, 2.24) is 19.2 Å². The third-order valence-electron chi connectivity index (χ3n) is 6.29. The van der Waals surface area contributed by atoms with E-state index in [2.05, 4.69) is 23.7 Å². The lowest BCUT2D eigenvalue weighted by atomic mass is 10.1. The predicted molar refractivity (Wildman–Crippen MR) is 130 cm³/mol. The molecule has 10 heteroatoms. The van der Waals surface area contributed by atoms with E-state index in [0.717, 1.165) is 17.3 Å². The maximum atomic E-state index is 13.3. The summed E-state index contributed by atoms with van der Waals surface area (Å²) in [5.74, 6) is 1.80. The third-order valence-corrected chi connectivity index (χ3v) is 8.33. The fourth-order valence-electron chi connectivity index (χ4n) is 4.25. The molecule has 0 atom stereocenters. The van der Waals surface area contributed by atoms with E-state index in [1.54, 1.807) is 24.0 Å². The van der Waals surface area contributed by atoms with Crippen LogP contribution in [0.25, 0.3) is 0 Å². The summed E-state index contributed by atoms with van der Waals surface area (Å²) < 4.78 is 33.1. The van der Waals surface area contributed by atoms with E-state index >= 15 is 0 Å². The Morgan fingerprint density at radius 3 is 2.29 bits per heavy atom. The second-order valence-corrected chi connectivity index (χ2v) is 11.1. The first kappa shape index (κ1) is 24.6. The summed E-state index contributed by atoms with van der Waals surface area (Å²) in [4.78, 5) is 26.6. The molecular formula is C24H33N5O4S. The van der Waals surface area contributed by atoms with E-state index in [1.165, 1.54) is 10.4 Å². The van der Waals surface area contributed by atoms with Crippen molar-refractivity contribution in [3.63, 3.8) is 0 Å². The Balaban J connectivity index is 1.48. The molecule has 0 bridgehead atoms. The third kappa shape index (κ3) is 5.08. The molecule has 0 radical (unpaired) electrons. The number of benzene rings is 1. The number of rotatable bonds is 5. The fraction of sp³-hybridized carbons (Fsp3) is 0.542. The van der Waals surface area contributed by atoms with E-state index < -0.39 is 10.0 Å². The number of anilines is 1. The van der Waals surface area contributed by atoms with Gasteiger partial charge in [0, 0.05) is 62.5 Å². The second kappa shape index (κ2) is 9.97. The summed E-state index contributed by atoms with van der Waals surface area (Å²) in [6.45, 7) is 11.7. The van der Waals surface area contributed by atoms with Crippen LogP contribution in [0.15, 0.2) is 29.2 Å². The highest BCUT2D eigenvalue weighted by Gasteiger charge is 2.30. The largest absolute Gasteiger partial charge is 0.379 e. The van der Waals surface area contributed by atoms with Crippen molar-refractivity contribution in [3.05, 3.63) is 46.9 Å². The molecule has 1 amide bonds. The van der Waals surface area contributed by atoms with Gasteiger partial charge in [-0.25, -0.2) is 18.4 Å². The van der Waals surface area contributed by atoms with Crippen LogP contribution in [0.3, 0.4) is 0 Å². The Bertz CT molecular complexity index is 1150. The first-order valence-electron chi connectivity index (χ1n) is 11.7. The van der Waals surface area contributed by atoms with Gasteiger partial charge in [0.25, 0.3) is 5.91 Å². The summed E-state index contributed by atoms with van der Waals surface area (Å²) >= 11 is 0. The summed E-state index contributed by atoms with van der Waals surface area (Å²) in [7, 11) is -3.68. The average Bonchev–Trinajstić information content (AvgIpc) is 2.84. The topological polar surface area (TPSA) is 95.9 Å². The molecule has 0 saturated carbocycles. The second-order valence-electron chi connectivity index (χ2n) is 9.16. The van der Waals surface area contributed by atoms with Crippen LogP contribution in [0.5, 0.6) is 0 Å². The smallest absolute Gasteiger partial charge is 0.254 e. The number of aryl methyl sites for hydroxylation is 2. The van der Waals surface area contributed by atoms with Crippen LogP contribution in [-0.2, 0) is 14.8 Å². The number of sulfonamides is 1. The number of aromatic nitrogens is 2. The number of carbonyl (C=O) groups excluding carboxylic acids is 1. The highest BCUT2D eigenvalue weighted by atomic mass is 32.2. The normalized spacial score (nSPS) is 17.9. The Hall–Kier alpha value is -2.56. The van der Waals surface area contributed by atoms with Crippen molar-refractivity contribution in [1.29, 1.82) is 0 Å². The molecule has 1 aromatic heterocycles. The number of nitrogens with zero attached hydrogens (tertiary/aromatic N) is 5. The van der Waals surface area contributed by atoms with Crippen molar-refractivity contribution in [2.45, 2.75) is 38.5 Å². The molecular weight excluding hydrogens is 454 g/mol. The van der Waals surface area contributed by atoms with E-state index in [4.69, 9.17) is 9.72 Å². The molecule has 2 aliphatic rings. The van der Waals surface area contributed by atoms with Crippen molar-refractivity contribution < 1.29 is 17.9 Å². The number of carbonyl (C=O) groups is 1. The molecule has 4 rings (SSSR count). The number of hydrogen-bond acceptors (Lipinski definition) is 7. The van der Waals surface area contributed by atoms with Gasteiger partial charge in [-0.1, -0.05) is 19.9 Å². The number of ether oxygens (including phenoxy) is 1. The monoisotopic (exact) mass is 487 g/mol. The molecule has 9 nitrogen and oxygen atoms in total. The lowest BCUT2D eigenvalue weighted by molar-refractivity contribution is 0.0729. The molecule has 2 aromatic rings. The first-order chi connectivity index (χ1) is 16.2. The average molecular weight is 488 g/mol. The maximum Gasteiger partial charge on any atom is 0.254 e. The lowest BCUT2D eigenvalue weighted by Crippen LogP contribution is -2.49. The molecule has 2 aliphatic heterocycles. The fourth-order valence-corrected chi connectivity index (χ4v) is 5.91. The van der Waals surface area contributed by atoms with Crippen molar-refractivity contribution in [3.8, 4) is 0 Å². The van der Waals surface area contributed by atoms with Gasteiger partial charge >= 0.3 is 0 Å². The van der Waals surface area contributed by atoms with Crippen LogP contribution < -0.4 is 4.90 Å². The standard InChI is InChI=1S/C24H33N5O4S/c1-17(2)23-25-19(4)15-22(26-23)27-7-9-28(10-8-27)24(30)20-6-5-18(3)21(16-20)34(31,32)29-11-13-33-14-12-29/h5-6,15-17H,7-14H2,1-4H3. The SMILES string of the molecule is Cc1cc(N2CCN(C(=O)c3ccc(C)c(S(=O)(=O)N4CCOCC4)c3)CC2)nc(C(C)C)n1. The molecule has 184 valence electrons. The predicted octanol–water partition coefficient (Wildman–Crippen LogP) is 2.20. The van der Waals surface area contributed by atoms with Gasteiger partial charge in [-0.15, -0.1) is 0 Å². The van der Waals surface area contributed by atoms with Crippen LogP contribution in [0.1, 0.15) is 47.2 Å². The maximum absolute atomic E-state index is 13.3. The van der Waals surface area contributed by atoms with Crippen LogP contribution in [0.4, 0.5) is 5.82 Å². The van der Waals surface area contributed by atoms with E-state index in [1.807, 2.05) is 13.0 Å². The zero-order valence-electron chi connectivity index (χ0n) is 20.3. The van der Waals surface area contributed by atoms with Crippen LogP contribution in [0, 0.1) is 13.8 Å². The molecule has 0 aliphatic carbocycles. The van der Waals surface area contributed by atoms with Gasteiger partial charge in [0.15, 0.2) is 0 Å². The van der Waals surface area contributed by atoms with E-state index in [0.29, 0.717) is 63.6 Å². The molecule has 0 N–H and O–H groups in total. The summed E-state index contributed by atoms with van der Waals surface area (Å²) in [5, 5.41) is 0. The van der Waals surface area contributed by atoms with Crippen molar-refractivity contribution >= 4 is 21.7 Å². The minimum absolute atomic E-state index is 0.153. The van der Waals surface area contributed by atoms with Gasteiger partial charge in [-0.2, -0.15) is 4.31 Å². The first-order valence-corrected chi connectivity index (χ1v) is 13.2. The Morgan fingerprint density at radius 1 is 0.971 bits per heavy atom. The Labute approximate surface area is 201 Å².